The van der Waals surface area contributed by atoms with Crippen molar-refractivity contribution < 1.29 is 14.0 Å². The molecule has 1 aliphatic rings. The van der Waals surface area contributed by atoms with Gasteiger partial charge in [0.1, 0.15) is 5.82 Å². The molecule has 0 aliphatic carbocycles. The molecule has 1 fully saturated rings. The third-order valence-corrected chi connectivity index (χ3v) is 2.89. The Morgan fingerprint density at radius 2 is 2.06 bits per heavy atom. The van der Waals surface area contributed by atoms with Crippen LogP contribution in [0.15, 0.2) is 24.3 Å². The quantitative estimate of drug-likeness (QED) is 0.768. The van der Waals surface area contributed by atoms with Crippen LogP contribution in [0.2, 0.25) is 0 Å². The number of rotatable bonds is 2. The number of hydrogen-bond donors (Lipinski definition) is 1. The number of halogens is 1. The SMILES string of the molecule is CC1(Cc2ccccc2F)CC(=O)NC1=O. The standard InChI is InChI=1S/C12H12FNO2/c1-12(7-10(15)14-11(12)16)6-8-4-2-3-5-9(8)13/h2-5H,6-7H2,1H3,(H,14,15,16). The van der Waals surface area contributed by atoms with Crippen LogP contribution in [0, 0.1) is 11.2 Å². The van der Waals surface area contributed by atoms with E-state index >= 15 is 0 Å². The van der Waals surface area contributed by atoms with Gasteiger partial charge in [-0.25, -0.2) is 4.39 Å². The monoisotopic (exact) mass is 221 g/mol. The number of nitrogens with one attached hydrogen (secondary N) is 1. The van der Waals surface area contributed by atoms with Crippen LogP contribution in [-0.2, 0) is 16.0 Å². The maximum absolute atomic E-state index is 13.4. The maximum Gasteiger partial charge on any atom is 0.233 e. The van der Waals surface area contributed by atoms with E-state index in [1.807, 2.05) is 0 Å². The zero-order chi connectivity index (χ0) is 11.8. The molecule has 0 saturated carbocycles. The van der Waals surface area contributed by atoms with Gasteiger partial charge in [0, 0.05) is 6.42 Å². The molecular weight excluding hydrogens is 209 g/mol. The van der Waals surface area contributed by atoms with E-state index in [-0.39, 0.29) is 30.5 Å². The summed E-state index contributed by atoms with van der Waals surface area (Å²) in [6, 6.07) is 6.31. The smallest absolute Gasteiger partial charge is 0.233 e. The molecule has 0 radical (unpaired) electrons. The molecule has 0 spiro atoms. The van der Waals surface area contributed by atoms with Crippen LogP contribution in [0.25, 0.3) is 0 Å². The molecule has 1 aliphatic heterocycles. The van der Waals surface area contributed by atoms with E-state index in [4.69, 9.17) is 0 Å². The normalized spacial score (nSPS) is 24.6. The number of imide groups is 1. The summed E-state index contributed by atoms with van der Waals surface area (Å²) >= 11 is 0. The molecule has 1 aromatic rings. The van der Waals surface area contributed by atoms with Crippen molar-refractivity contribution in [3.63, 3.8) is 0 Å². The molecule has 1 saturated heterocycles. The van der Waals surface area contributed by atoms with Crippen molar-refractivity contribution >= 4 is 11.8 Å². The maximum atomic E-state index is 13.4. The lowest BCUT2D eigenvalue weighted by Gasteiger charge is -2.19. The van der Waals surface area contributed by atoms with Gasteiger partial charge >= 0.3 is 0 Å². The fourth-order valence-electron chi connectivity index (χ4n) is 1.96. The molecule has 84 valence electrons. The summed E-state index contributed by atoms with van der Waals surface area (Å²) in [5.74, 6) is -0.944. The highest BCUT2D eigenvalue weighted by Gasteiger charge is 2.42. The van der Waals surface area contributed by atoms with Gasteiger partial charge in [0.2, 0.25) is 11.8 Å². The summed E-state index contributed by atoms with van der Waals surface area (Å²) in [5, 5.41) is 2.25. The zero-order valence-corrected chi connectivity index (χ0v) is 8.92. The molecule has 0 aromatic heterocycles. The lowest BCUT2D eigenvalue weighted by molar-refractivity contribution is -0.128. The average Bonchev–Trinajstić information content (AvgIpc) is 2.45. The molecule has 1 atom stereocenters. The van der Waals surface area contributed by atoms with Gasteiger partial charge in [0.15, 0.2) is 0 Å². The molecule has 1 N–H and O–H groups in total. The van der Waals surface area contributed by atoms with E-state index in [0.717, 1.165) is 0 Å². The van der Waals surface area contributed by atoms with Gasteiger partial charge in [-0.2, -0.15) is 0 Å². The lowest BCUT2D eigenvalue weighted by Crippen LogP contribution is -2.31. The molecule has 2 rings (SSSR count). The Morgan fingerprint density at radius 3 is 2.62 bits per heavy atom. The first-order valence-electron chi connectivity index (χ1n) is 5.09. The largest absolute Gasteiger partial charge is 0.296 e. The van der Waals surface area contributed by atoms with E-state index in [1.54, 1.807) is 25.1 Å². The summed E-state index contributed by atoms with van der Waals surface area (Å²) in [5.41, 5.74) is -0.353. The Kier molecular flexibility index (Phi) is 2.50. The highest BCUT2D eigenvalue weighted by atomic mass is 19.1. The van der Waals surface area contributed by atoms with Crippen LogP contribution in [-0.4, -0.2) is 11.8 Å². The first-order chi connectivity index (χ1) is 7.51. The van der Waals surface area contributed by atoms with Crippen molar-refractivity contribution in [3.05, 3.63) is 35.6 Å². The number of carbonyl (C=O) groups is 2. The number of carbonyl (C=O) groups excluding carboxylic acids is 2. The molecule has 4 heteroatoms. The highest BCUT2D eigenvalue weighted by Crippen LogP contribution is 2.31. The minimum absolute atomic E-state index is 0.125. The summed E-state index contributed by atoms with van der Waals surface area (Å²) in [4.78, 5) is 22.7. The van der Waals surface area contributed by atoms with Crippen molar-refractivity contribution in [1.29, 1.82) is 0 Å². The van der Waals surface area contributed by atoms with Gasteiger partial charge < -0.3 is 0 Å². The van der Waals surface area contributed by atoms with Gasteiger partial charge in [-0.05, 0) is 25.0 Å². The molecule has 2 amide bonds. The molecule has 3 nitrogen and oxygen atoms in total. The molecular formula is C12H12FNO2. The van der Waals surface area contributed by atoms with Crippen LogP contribution >= 0.6 is 0 Å². The van der Waals surface area contributed by atoms with Crippen molar-refractivity contribution in [2.24, 2.45) is 5.41 Å². The number of benzene rings is 1. The zero-order valence-electron chi connectivity index (χ0n) is 8.92. The minimum Gasteiger partial charge on any atom is -0.296 e. The van der Waals surface area contributed by atoms with E-state index in [2.05, 4.69) is 5.32 Å². The van der Waals surface area contributed by atoms with Gasteiger partial charge in [-0.1, -0.05) is 18.2 Å². The van der Waals surface area contributed by atoms with Crippen molar-refractivity contribution in [3.8, 4) is 0 Å². The Hall–Kier alpha value is -1.71. The topological polar surface area (TPSA) is 46.2 Å². The predicted molar refractivity (Wildman–Crippen MR) is 56.0 cm³/mol. The van der Waals surface area contributed by atoms with Gasteiger partial charge in [-0.3, -0.25) is 14.9 Å². The fourth-order valence-corrected chi connectivity index (χ4v) is 1.96. The minimum atomic E-state index is -0.820. The fraction of sp³-hybridized carbons (Fsp3) is 0.333. The summed E-state index contributed by atoms with van der Waals surface area (Å²) in [6.45, 7) is 1.68. The van der Waals surface area contributed by atoms with Crippen LogP contribution in [0.3, 0.4) is 0 Å². The summed E-state index contributed by atoms with van der Waals surface area (Å²) in [6.07, 6.45) is 0.372. The predicted octanol–water partition coefficient (Wildman–Crippen LogP) is 1.42. The Labute approximate surface area is 92.7 Å². The highest BCUT2D eigenvalue weighted by molar-refractivity contribution is 6.05. The number of hydrogen-bond acceptors (Lipinski definition) is 2. The summed E-state index contributed by atoms with van der Waals surface area (Å²) < 4.78 is 13.4. The first kappa shape index (κ1) is 10.8. The van der Waals surface area contributed by atoms with E-state index in [0.29, 0.717) is 5.56 Å². The lowest BCUT2D eigenvalue weighted by atomic mass is 9.82. The van der Waals surface area contributed by atoms with Crippen LogP contribution in [0.5, 0.6) is 0 Å². The third kappa shape index (κ3) is 1.83. The van der Waals surface area contributed by atoms with E-state index < -0.39 is 5.41 Å². The Morgan fingerprint density at radius 1 is 1.38 bits per heavy atom. The Balaban J connectivity index is 2.25. The molecule has 1 heterocycles. The number of amides is 2. The van der Waals surface area contributed by atoms with Crippen molar-refractivity contribution in [2.75, 3.05) is 0 Å². The van der Waals surface area contributed by atoms with Crippen molar-refractivity contribution in [2.45, 2.75) is 19.8 Å². The van der Waals surface area contributed by atoms with E-state index in [1.165, 1.54) is 6.07 Å². The van der Waals surface area contributed by atoms with E-state index in [9.17, 15) is 14.0 Å². The van der Waals surface area contributed by atoms with Crippen LogP contribution in [0.1, 0.15) is 18.9 Å². The first-order valence-corrected chi connectivity index (χ1v) is 5.09. The molecule has 1 unspecified atom stereocenters. The second-order valence-corrected chi connectivity index (χ2v) is 4.38. The Bertz CT molecular complexity index is 458. The van der Waals surface area contributed by atoms with Gasteiger partial charge in [0.25, 0.3) is 0 Å². The van der Waals surface area contributed by atoms with Crippen LogP contribution < -0.4 is 5.32 Å². The third-order valence-electron chi connectivity index (χ3n) is 2.89. The molecule has 16 heavy (non-hydrogen) atoms. The van der Waals surface area contributed by atoms with Gasteiger partial charge in [0.05, 0.1) is 5.41 Å². The molecule has 1 aromatic carbocycles. The van der Waals surface area contributed by atoms with Crippen molar-refractivity contribution in [1.82, 2.24) is 5.32 Å². The van der Waals surface area contributed by atoms with Gasteiger partial charge in [-0.15, -0.1) is 0 Å². The second-order valence-electron chi connectivity index (χ2n) is 4.38. The second kappa shape index (κ2) is 3.70. The summed E-state index contributed by atoms with van der Waals surface area (Å²) in [7, 11) is 0. The van der Waals surface area contributed by atoms with Crippen LogP contribution in [0.4, 0.5) is 4.39 Å². The average molecular weight is 221 g/mol. The molecule has 0 bridgehead atoms.